The van der Waals surface area contributed by atoms with Gasteiger partial charge in [0.25, 0.3) is 0 Å². The van der Waals surface area contributed by atoms with E-state index in [1.165, 1.54) is 10.8 Å². The molecule has 0 saturated carbocycles. The predicted octanol–water partition coefficient (Wildman–Crippen LogP) is -0.674. The summed E-state index contributed by atoms with van der Waals surface area (Å²) < 4.78 is 15.9. The van der Waals surface area contributed by atoms with Gasteiger partial charge in [-0.1, -0.05) is 0 Å². The molecule has 0 unspecified atom stereocenters. The summed E-state index contributed by atoms with van der Waals surface area (Å²) in [6, 6.07) is 1.07. The van der Waals surface area contributed by atoms with Gasteiger partial charge in [0.05, 0.1) is 16.9 Å². The van der Waals surface area contributed by atoms with E-state index in [2.05, 4.69) is 10.3 Å². The fourth-order valence-corrected chi connectivity index (χ4v) is 2.76. The van der Waals surface area contributed by atoms with Gasteiger partial charge < -0.3 is 24.7 Å². The molecule has 3 heterocycles. The molecule has 0 bridgehead atoms. The van der Waals surface area contributed by atoms with E-state index in [0.717, 1.165) is 19.2 Å². The molecule has 0 spiro atoms. The number of aromatic carboxylic acids is 1. The number of hydrogen-bond donors (Lipinski definition) is 1. The SMILES string of the molecule is CCn1cc(C(=O)[O-])c(=O)c2cc(F)c(N3CCNCC3)nc21.[Ag+]. The molecule has 0 aromatic carbocycles. The maximum Gasteiger partial charge on any atom is 1.00 e. The second-order valence-electron chi connectivity index (χ2n) is 5.35. The minimum absolute atomic E-state index is 0. The molecule has 7 nitrogen and oxygen atoms in total. The maximum absolute atomic E-state index is 14.4. The van der Waals surface area contributed by atoms with Gasteiger partial charge in [0, 0.05) is 38.9 Å². The molecule has 9 heteroatoms. The van der Waals surface area contributed by atoms with Crippen molar-refractivity contribution in [3.63, 3.8) is 0 Å². The van der Waals surface area contributed by atoms with Crippen molar-refractivity contribution in [3.05, 3.63) is 33.9 Å². The number of fused-ring (bicyclic) bond motifs is 1. The molecule has 2 aromatic heterocycles. The van der Waals surface area contributed by atoms with Crippen molar-refractivity contribution in [2.75, 3.05) is 31.1 Å². The number of aromatic nitrogens is 2. The van der Waals surface area contributed by atoms with Crippen molar-refractivity contribution in [1.82, 2.24) is 14.9 Å². The number of nitrogens with zero attached hydrogens (tertiary/aromatic N) is 3. The van der Waals surface area contributed by atoms with E-state index < -0.39 is 22.8 Å². The Labute approximate surface area is 153 Å². The van der Waals surface area contributed by atoms with E-state index in [1.54, 1.807) is 6.92 Å². The summed E-state index contributed by atoms with van der Waals surface area (Å²) in [5, 5.41) is 14.2. The van der Waals surface area contributed by atoms with Gasteiger partial charge in [-0.25, -0.2) is 9.37 Å². The van der Waals surface area contributed by atoms with Crippen molar-refractivity contribution >= 4 is 22.8 Å². The van der Waals surface area contributed by atoms with Crippen LogP contribution in [0.3, 0.4) is 0 Å². The van der Waals surface area contributed by atoms with Crippen LogP contribution in [0.4, 0.5) is 10.2 Å². The van der Waals surface area contributed by atoms with Crippen LogP contribution in [0.5, 0.6) is 0 Å². The first-order chi connectivity index (χ1) is 11.0. The van der Waals surface area contributed by atoms with Crippen molar-refractivity contribution in [2.24, 2.45) is 0 Å². The number of carbonyl (C=O) groups excluding carboxylic acids is 1. The summed E-state index contributed by atoms with van der Waals surface area (Å²) in [5.41, 5.74) is -0.990. The van der Waals surface area contributed by atoms with Crippen molar-refractivity contribution in [1.29, 1.82) is 0 Å². The second kappa shape index (κ2) is 7.43. The number of pyridine rings is 2. The third kappa shape index (κ3) is 3.23. The van der Waals surface area contributed by atoms with Crippen molar-refractivity contribution in [2.45, 2.75) is 13.5 Å². The summed E-state index contributed by atoms with van der Waals surface area (Å²) >= 11 is 0. The Balaban J connectivity index is 0.00000208. The molecule has 0 amide bonds. The van der Waals surface area contributed by atoms with Crippen LogP contribution < -0.4 is 20.8 Å². The summed E-state index contributed by atoms with van der Waals surface area (Å²) in [5.74, 6) is -2.03. The van der Waals surface area contributed by atoms with Gasteiger partial charge in [-0.05, 0) is 13.0 Å². The van der Waals surface area contributed by atoms with E-state index in [-0.39, 0.29) is 39.2 Å². The monoisotopic (exact) mass is 426 g/mol. The summed E-state index contributed by atoms with van der Waals surface area (Å²) in [7, 11) is 0. The zero-order chi connectivity index (χ0) is 16.6. The topological polar surface area (TPSA) is 90.3 Å². The van der Waals surface area contributed by atoms with Crippen LogP contribution >= 0.6 is 0 Å². The van der Waals surface area contributed by atoms with E-state index in [4.69, 9.17) is 0 Å². The Hall–Kier alpha value is -1.74. The van der Waals surface area contributed by atoms with Gasteiger partial charge >= 0.3 is 22.4 Å². The summed E-state index contributed by atoms with van der Waals surface area (Å²) in [4.78, 5) is 29.4. The van der Waals surface area contributed by atoms with E-state index >= 15 is 0 Å². The fourth-order valence-electron chi connectivity index (χ4n) is 2.76. The molecular formula is C15H16AgFN4O3. The standard InChI is InChI=1S/C15H17FN4O3.Ag/c1-2-19-8-10(15(22)23)12(21)9-7-11(16)14(18-13(9)19)20-5-3-17-4-6-20;/h7-8,17H,2-6H2,1H3,(H,22,23);/q;+1/p-1. The van der Waals surface area contributed by atoms with Crippen LogP contribution in [0.1, 0.15) is 17.3 Å². The van der Waals surface area contributed by atoms with Gasteiger partial charge in [0.15, 0.2) is 17.1 Å². The molecule has 1 saturated heterocycles. The first-order valence-electron chi connectivity index (χ1n) is 7.43. The van der Waals surface area contributed by atoms with Crippen molar-refractivity contribution < 1.29 is 36.7 Å². The number of carboxylic acid groups (broad SMARTS) is 1. The van der Waals surface area contributed by atoms with E-state index in [0.29, 0.717) is 19.6 Å². The second-order valence-corrected chi connectivity index (χ2v) is 5.35. The van der Waals surface area contributed by atoms with Gasteiger partial charge in [-0.15, -0.1) is 0 Å². The predicted molar refractivity (Wildman–Crippen MR) is 81.0 cm³/mol. The van der Waals surface area contributed by atoms with Crippen LogP contribution in [0, 0.1) is 5.82 Å². The Bertz CT molecular complexity index is 834. The molecule has 1 fully saturated rings. The maximum atomic E-state index is 14.4. The van der Waals surface area contributed by atoms with Crippen molar-refractivity contribution in [3.8, 4) is 0 Å². The minimum Gasteiger partial charge on any atom is -0.545 e. The third-order valence-corrected chi connectivity index (χ3v) is 3.96. The Morgan fingerprint density at radius 1 is 1.42 bits per heavy atom. The third-order valence-electron chi connectivity index (χ3n) is 3.96. The average molecular weight is 427 g/mol. The molecule has 0 atom stereocenters. The summed E-state index contributed by atoms with van der Waals surface area (Å²) in [6.07, 6.45) is 1.20. The fraction of sp³-hybridized carbons (Fsp3) is 0.400. The van der Waals surface area contributed by atoms with Gasteiger partial charge in [-0.2, -0.15) is 0 Å². The summed E-state index contributed by atoms with van der Waals surface area (Å²) in [6.45, 7) is 4.87. The molecule has 3 rings (SSSR count). The zero-order valence-corrected chi connectivity index (χ0v) is 14.4. The van der Waals surface area contributed by atoms with Crippen LogP contribution in [-0.2, 0) is 28.9 Å². The van der Waals surface area contributed by atoms with Gasteiger partial charge in [0.2, 0.25) is 0 Å². The Kier molecular flexibility index (Phi) is 5.76. The zero-order valence-electron chi connectivity index (χ0n) is 12.9. The largest absolute Gasteiger partial charge is 1.00 e. The van der Waals surface area contributed by atoms with Crippen LogP contribution in [0.25, 0.3) is 11.0 Å². The molecular weight excluding hydrogens is 411 g/mol. The number of carboxylic acids is 1. The molecule has 1 aliphatic heterocycles. The van der Waals surface area contributed by atoms with E-state index in [1.807, 2.05) is 4.90 Å². The first kappa shape index (κ1) is 18.6. The number of hydrogen-bond acceptors (Lipinski definition) is 6. The number of rotatable bonds is 3. The number of aryl methyl sites for hydroxylation is 1. The van der Waals surface area contributed by atoms with Gasteiger partial charge in [-0.3, -0.25) is 4.79 Å². The molecule has 132 valence electrons. The average Bonchev–Trinajstić information content (AvgIpc) is 2.55. The number of halogens is 1. The van der Waals surface area contributed by atoms with E-state index in [9.17, 15) is 19.1 Å². The van der Waals surface area contributed by atoms with Gasteiger partial charge in [0.1, 0.15) is 5.65 Å². The Morgan fingerprint density at radius 2 is 2.08 bits per heavy atom. The van der Waals surface area contributed by atoms with Crippen LogP contribution in [-0.4, -0.2) is 41.7 Å². The molecule has 0 aliphatic carbocycles. The normalized spacial score (nSPS) is 14.5. The number of carbonyl (C=O) groups is 1. The molecule has 24 heavy (non-hydrogen) atoms. The first-order valence-corrected chi connectivity index (χ1v) is 7.43. The minimum atomic E-state index is -1.58. The number of anilines is 1. The molecule has 1 N–H and O–H groups in total. The molecule has 2 aromatic rings. The van der Waals surface area contributed by atoms with Crippen LogP contribution in [0.15, 0.2) is 17.1 Å². The number of piperazine rings is 1. The number of nitrogens with one attached hydrogen (secondary N) is 1. The Morgan fingerprint density at radius 3 is 2.67 bits per heavy atom. The molecule has 1 aliphatic rings. The molecule has 0 radical (unpaired) electrons. The smallest absolute Gasteiger partial charge is 0.545 e. The van der Waals surface area contributed by atoms with Crippen LogP contribution in [0.2, 0.25) is 0 Å². The quantitative estimate of drug-likeness (QED) is 0.654.